The monoisotopic (exact) mass is 278 g/mol. The third-order valence-corrected chi connectivity index (χ3v) is 4.03. The highest BCUT2D eigenvalue weighted by molar-refractivity contribution is 9.10. The lowest BCUT2D eigenvalue weighted by Gasteiger charge is -2.24. The highest BCUT2D eigenvalue weighted by Gasteiger charge is 2.19. The second-order valence-corrected chi connectivity index (χ2v) is 5.51. The number of nitrogens with zero attached hydrogens (tertiary/aromatic N) is 1. The van der Waals surface area contributed by atoms with Crippen LogP contribution in [0.2, 0.25) is 0 Å². The maximum absolute atomic E-state index is 5.78. The normalized spacial score (nSPS) is 20.0. The number of aryl methyl sites for hydroxylation is 1. The van der Waals surface area contributed by atoms with Gasteiger partial charge < -0.3 is 10.3 Å². The summed E-state index contributed by atoms with van der Waals surface area (Å²) in [6.45, 7) is 1.87. The highest BCUT2D eigenvalue weighted by atomic mass is 79.9. The summed E-state index contributed by atoms with van der Waals surface area (Å²) >= 11 is 3.54. The number of hydrogen-bond acceptors (Lipinski definition) is 1. The molecule has 16 heavy (non-hydrogen) atoms. The smallest absolute Gasteiger partial charge is 0.0493 e. The van der Waals surface area contributed by atoms with Gasteiger partial charge in [-0.3, -0.25) is 0 Å². The lowest BCUT2D eigenvalue weighted by molar-refractivity contribution is 0.385. The maximum Gasteiger partial charge on any atom is 0.0493 e. The Morgan fingerprint density at radius 2 is 2.25 bits per heavy atom. The molecule has 0 fully saturated rings. The summed E-state index contributed by atoms with van der Waals surface area (Å²) in [7, 11) is 0. The third kappa shape index (κ3) is 1.59. The van der Waals surface area contributed by atoms with Gasteiger partial charge in [0.25, 0.3) is 0 Å². The van der Waals surface area contributed by atoms with Gasteiger partial charge in [0.2, 0.25) is 0 Å². The Bertz CT molecular complexity index is 530. The molecule has 1 aromatic carbocycles. The second kappa shape index (κ2) is 3.90. The molecule has 0 spiro atoms. The van der Waals surface area contributed by atoms with Crippen molar-refractivity contribution >= 4 is 26.8 Å². The summed E-state index contributed by atoms with van der Waals surface area (Å²) in [4.78, 5) is 0. The first-order chi connectivity index (χ1) is 7.78. The van der Waals surface area contributed by atoms with Gasteiger partial charge in [-0.15, -0.1) is 0 Å². The molecule has 84 valence electrons. The first kappa shape index (κ1) is 10.4. The van der Waals surface area contributed by atoms with E-state index in [2.05, 4.69) is 44.8 Å². The Morgan fingerprint density at radius 3 is 3.06 bits per heavy atom. The van der Waals surface area contributed by atoms with Crippen LogP contribution in [-0.4, -0.2) is 11.1 Å². The topological polar surface area (TPSA) is 30.9 Å². The van der Waals surface area contributed by atoms with E-state index in [0.29, 0.717) is 5.92 Å². The molecule has 2 aromatic rings. The molecule has 0 amide bonds. The average molecular weight is 279 g/mol. The van der Waals surface area contributed by atoms with Crippen molar-refractivity contribution in [3.63, 3.8) is 0 Å². The molecule has 2 heterocycles. The van der Waals surface area contributed by atoms with Crippen LogP contribution in [0, 0.1) is 5.92 Å². The summed E-state index contributed by atoms with van der Waals surface area (Å²) in [5.74, 6) is 0.641. The molecular formula is C13H15BrN2. The molecule has 1 atom stereocenters. The van der Waals surface area contributed by atoms with E-state index in [4.69, 9.17) is 5.73 Å². The van der Waals surface area contributed by atoms with Crippen LogP contribution in [0.4, 0.5) is 0 Å². The summed E-state index contributed by atoms with van der Waals surface area (Å²) in [6.07, 6.45) is 2.39. The maximum atomic E-state index is 5.78. The van der Waals surface area contributed by atoms with Crippen LogP contribution in [0.25, 0.3) is 10.9 Å². The number of rotatable bonds is 1. The van der Waals surface area contributed by atoms with E-state index < -0.39 is 0 Å². The van der Waals surface area contributed by atoms with Crippen molar-refractivity contribution in [2.24, 2.45) is 11.7 Å². The predicted octanol–water partition coefficient (Wildman–Crippen LogP) is 2.92. The van der Waals surface area contributed by atoms with Crippen molar-refractivity contribution in [2.75, 3.05) is 6.54 Å². The largest absolute Gasteiger partial charge is 0.344 e. The van der Waals surface area contributed by atoms with Crippen LogP contribution >= 0.6 is 15.9 Å². The SMILES string of the molecule is NCC1CCc2cc3ccc(Br)cc3n2C1. The lowest BCUT2D eigenvalue weighted by atomic mass is 9.98. The Hall–Kier alpha value is -0.800. The van der Waals surface area contributed by atoms with Crippen LogP contribution in [0.15, 0.2) is 28.7 Å². The number of fused-ring (bicyclic) bond motifs is 3. The standard InChI is InChI=1S/C13H15BrN2/c14-11-3-2-10-5-12-4-1-9(7-15)8-16(12)13(10)6-11/h2-3,5-6,9H,1,4,7-8,15H2. The average Bonchev–Trinajstić information content (AvgIpc) is 2.66. The van der Waals surface area contributed by atoms with Crippen molar-refractivity contribution in [3.05, 3.63) is 34.4 Å². The number of benzene rings is 1. The van der Waals surface area contributed by atoms with Crippen LogP contribution in [0.3, 0.4) is 0 Å². The first-order valence-electron chi connectivity index (χ1n) is 5.75. The summed E-state index contributed by atoms with van der Waals surface area (Å²) in [6, 6.07) is 8.81. The molecule has 3 rings (SSSR count). The Morgan fingerprint density at radius 1 is 1.38 bits per heavy atom. The highest BCUT2D eigenvalue weighted by Crippen LogP contribution is 2.29. The van der Waals surface area contributed by atoms with Crippen molar-refractivity contribution in [3.8, 4) is 0 Å². The second-order valence-electron chi connectivity index (χ2n) is 4.59. The number of hydrogen-bond donors (Lipinski definition) is 1. The van der Waals surface area contributed by atoms with Gasteiger partial charge in [-0.25, -0.2) is 0 Å². The molecule has 2 N–H and O–H groups in total. The minimum absolute atomic E-state index is 0.641. The zero-order chi connectivity index (χ0) is 11.1. The van der Waals surface area contributed by atoms with Crippen LogP contribution in [0.5, 0.6) is 0 Å². The fourth-order valence-corrected chi connectivity index (χ4v) is 2.95. The van der Waals surface area contributed by atoms with Crippen molar-refractivity contribution in [1.82, 2.24) is 4.57 Å². The van der Waals surface area contributed by atoms with Gasteiger partial charge in [0, 0.05) is 22.2 Å². The van der Waals surface area contributed by atoms with Gasteiger partial charge in [-0.2, -0.15) is 0 Å². The molecule has 3 heteroatoms. The van der Waals surface area contributed by atoms with E-state index in [9.17, 15) is 0 Å². The van der Waals surface area contributed by atoms with Gasteiger partial charge in [-0.05, 0) is 48.9 Å². The van der Waals surface area contributed by atoms with E-state index in [-0.39, 0.29) is 0 Å². The lowest BCUT2D eigenvalue weighted by Crippen LogP contribution is -2.25. The van der Waals surface area contributed by atoms with Crippen molar-refractivity contribution in [2.45, 2.75) is 19.4 Å². The van der Waals surface area contributed by atoms with Gasteiger partial charge in [-0.1, -0.05) is 22.0 Å². The molecule has 0 radical (unpaired) electrons. The quantitative estimate of drug-likeness (QED) is 0.855. The van der Waals surface area contributed by atoms with E-state index in [0.717, 1.165) is 24.0 Å². The van der Waals surface area contributed by atoms with Gasteiger partial charge in [0.15, 0.2) is 0 Å². The number of aromatic nitrogens is 1. The van der Waals surface area contributed by atoms with Gasteiger partial charge in [0.1, 0.15) is 0 Å². The van der Waals surface area contributed by atoms with Crippen LogP contribution in [-0.2, 0) is 13.0 Å². The minimum atomic E-state index is 0.641. The summed E-state index contributed by atoms with van der Waals surface area (Å²) in [5.41, 5.74) is 8.57. The molecule has 0 saturated carbocycles. The zero-order valence-electron chi connectivity index (χ0n) is 9.12. The summed E-state index contributed by atoms with van der Waals surface area (Å²) < 4.78 is 3.58. The minimum Gasteiger partial charge on any atom is -0.344 e. The Balaban J connectivity index is 2.15. The van der Waals surface area contributed by atoms with E-state index in [1.807, 2.05) is 0 Å². The Kier molecular flexibility index (Phi) is 2.52. The van der Waals surface area contributed by atoms with Gasteiger partial charge >= 0.3 is 0 Å². The fraction of sp³-hybridized carbons (Fsp3) is 0.385. The molecule has 0 bridgehead atoms. The van der Waals surface area contributed by atoms with Gasteiger partial charge in [0.05, 0.1) is 0 Å². The molecule has 0 saturated heterocycles. The van der Waals surface area contributed by atoms with E-state index in [1.54, 1.807) is 0 Å². The van der Waals surface area contributed by atoms with E-state index in [1.165, 1.54) is 23.0 Å². The van der Waals surface area contributed by atoms with E-state index >= 15 is 0 Å². The van der Waals surface area contributed by atoms with Crippen LogP contribution in [0.1, 0.15) is 12.1 Å². The summed E-state index contributed by atoms with van der Waals surface area (Å²) in [5, 5.41) is 1.34. The fourth-order valence-electron chi connectivity index (χ4n) is 2.60. The third-order valence-electron chi connectivity index (χ3n) is 3.53. The van der Waals surface area contributed by atoms with Crippen molar-refractivity contribution < 1.29 is 0 Å². The molecule has 1 aliphatic heterocycles. The number of halogens is 1. The molecule has 1 aliphatic rings. The molecule has 1 aromatic heterocycles. The molecule has 1 unspecified atom stereocenters. The predicted molar refractivity (Wildman–Crippen MR) is 70.5 cm³/mol. The van der Waals surface area contributed by atoms with Crippen LogP contribution < -0.4 is 5.73 Å². The van der Waals surface area contributed by atoms with Crippen molar-refractivity contribution in [1.29, 1.82) is 0 Å². The first-order valence-corrected chi connectivity index (χ1v) is 6.55. The number of nitrogens with two attached hydrogens (primary N) is 1. The zero-order valence-corrected chi connectivity index (χ0v) is 10.7. The molecule has 2 nitrogen and oxygen atoms in total. The Labute approximate surface area is 104 Å². The molecule has 0 aliphatic carbocycles. The molecular weight excluding hydrogens is 264 g/mol.